The maximum absolute atomic E-state index is 12.6. The highest BCUT2D eigenvalue weighted by Crippen LogP contribution is 2.26. The standard InChI is InChI=1S/C7H8F2O/c1-10-6-4-2-3-5(8)7(6)9/h4H,2-3H2,1H3. The molecule has 0 unspecified atom stereocenters. The summed E-state index contributed by atoms with van der Waals surface area (Å²) in [5.41, 5.74) is 0. The van der Waals surface area contributed by atoms with E-state index in [1.807, 2.05) is 0 Å². The van der Waals surface area contributed by atoms with Crippen LogP contribution in [0.2, 0.25) is 0 Å². The molecule has 0 heterocycles. The molecule has 1 rings (SSSR count). The van der Waals surface area contributed by atoms with Gasteiger partial charge in [-0.1, -0.05) is 0 Å². The van der Waals surface area contributed by atoms with Gasteiger partial charge in [0.05, 0.1) is 7.11 Å². The van der Waals surface area contributed by atoms with Crippen molar-refractivity contribution in [3.8, 4) is 0 Å². The fourth-order valence-corrected chi connectivity index (χ4v) is 0.836. The molecule has 3 heteroatoms. The van der Waals surface area contributed by atoms with E-state index in [2.05, 4.69) is 4.74 Å². The highest BCUT2D eigenvalue weighted by atomic mass is 19.2. The zero-order valence-electron chi connectivity index (χ0n) is 5.66. The Hall–Kier alpha value is -0.860. The van der Waals surface area contributed by atoms with E-state index in [1.165, 1.54) is 7.11 Å². The number of rotatable bonds is 1. The van der Waals surface area contributed by atoms with E-state index < -0.39 is 11.7 Å². The molecule has 0 aromatic rings. The monoisotopic (exact) mass is 146 g/mol. The van der Waals surface area contributed by atoms with Crippen molar-refractivity contribution in [2.45, 2.75) is 12.8 Å². The van der Waals surface area contributed by atoms with Crippen molar-refractivity contribution in [2.24, 2.45) is 0 Å². The summed E-state index contributed by atoms with van der Waals surface area (Å²) in [6.07, 6.45) is 2.21. The number of methoxy groups -OCH3 is 1. The molecule has 1 aliphatic carbocycles. The molecule has 0 amide bonds. The first kappa shape index (κ1) is 7.25. The first-order valence-electron chi connectivity index (χ1n) is 3.04. The van der Waals surface area contributed by atoms with E-state index in [0.717, 1.165) is 0 Å². The SMILES string of the molecule is COC1=CCCC(F)=C1F. The molecule has 10 heavy (non-hydrogen) atoms. The van der Waals surface area contributed by atoms with Crippen molar-refractivity contribution in [1.29, 1.82) is 0 Å². The van der Waals surface area contributed by atoms with Crippen molar-refractivity contribution in [1.82, 2.24) is 0 Å². The minimum absolute atomic E-state index is 0.0174. The Morgan fingerprint density at radius 3 is 2.70 bits per heavy atom. The highest BCUT2D eigenvalue weighted by Gasteiger charge is 2.15. The molecule has 0 atom stereocenters. The van der Waals surface area contributed by atoms with Gasteiger partial charge in [-0.15, -0.1) is 0 Å². The molecule has 1 aliphatic rings. The van der Waals surface area contributed by atoms with E-state index >= 15 is 0 Å². The minimum Gasteiger partial charge on any atom is -0.494 e. The topological polar surface area (TPSA) is 9.23 Å². The van der Waals surface area contributed by atoms with Crippen LogP contribution >= 0.6 is 0 Å². The van der Waals surface area contributed by atoms with Gasteiger partial charge in [-0.3, -0.25) is 0 Å². The Morgan fingerprint density at radius 2 is 2.20 bits per heavy atom. The molecule has 0 aromatic heterocycles. The number of hydrogen-bond donors (Lipinski definition) is 0. The van der Waals surface area contributed by atoms with Gasteiger partial charge in [0, 0.05) is 6.42 Å². The predicted octanol–water partition coefficient (Wildman–Crippen LogP) is 2.46. The molecular weight excluding hydrogens is 138 g/mol. The molecule has 0 radical (unpaired) electrons. The maximum Gasteiger partial charge on any atom is 0.196 e. The van der Waals surface area contributed by atoms with Crippen molar-refractivity contribution in [2.75, 3.05) is 7.11 Å². The Labute approximate surface area is 58.0 Å². The van der Waals surface area contributed by atoms with Crippen LogP contribution in [-0.2, 0) is 4.74 Å². The summed E-state index contributed by atoms with van der Waals surface area (Å²) < 4.78 is 29.5. The smallest absolute Gasteiger partial charge is 0.196 e. The molecule has 0 aromatic carbocycles. The molecule has 0 N–H and O–H groups in total. The lowest BCUT2D eigenvalue weighted by molar-refractivity contribution is 0.271. The largest absolute Gasteiger partial charge is 0.494 e. The average Bonchev–Trinajstić information content (AvgIpc) is 1.95. The Bertz CT molecular complexity index is 194. The van der Waals surface area contributed by atoms with Gasteiger partial charge in [-0.2, -0.15) is 0 Å². The van der Waals surface area contributed by atoms with Gasteiger partial charge < -0.3 is 4.74 Å². The van der Waals surface area contributed by atoms with E-state index in [1.54, 1.807) is 6.08 Å². The van der Waals surface area contributed by atoms with E-state index in [4.69, 9.17) is 0 Å². The lowest BCUT2D eigenvalue weighted by atomic mass is 10.1. The lowest BCUT2D eigenvalue weighted by Gasteiger charge is -2.08. The summed E-state index contributed by atoms with van der Waals surface area (Å²) in [7, 11) is 1.32. The van der Waals surface area contributed by atoms with Crippen LogP contribution in [0.3, 0.4) is 0 Å². The Kier molecular flexibility index (Phi) is 2.04. The zero-order valence-corrected chi connectivity index (χ0v) is 5.66. The van der Waals surface area contributed by atoms with Crippen LogP contribution in [0.4, 0.5) is 8.78 Å². The molecule has 0 saturated heterocycles. The van der Waals surface area contributed by atoms with Crippen LogP contribution in [0.5, 0.6) is 0 Å². The second kappa shape index (κ2) is 2.82. The first-order valence-corrected chi connectivity index (χ1v) is 3.04. The molecular formula is C7H8F2O. The molecule has 0 spiro atoms. The molecule has 0 bridgehead atoms. The molecule has 0 aliphatic heterocycles. The van der Waals surface area contributed by atoms with Crippen LogP contribution in [-0.4, -0.2) is 7.11 Å². The molecule has 56 valence electrons. The van der Waals surface area contributed by atoms with Gasteiger partial charge in [-0.25, -0.2) is 8.78 Å². The van der Waals surface area contributed by atoms with E-state index in [0.29, 0.717) is 6.42 Å². The van der Waals surface area contributed by atoms with Crippen molar-refractivity contribution in [3.05, 3.63) is 23.5 Å². The summed E-state index contributed by atoms with van der Waals surface area (Å²) >= 11 is 0. The van der Waals surface area contributed by atoms with Gasteiger partial charge in [-0.05, 0) is 12.5 Å². The number of ether oxygens (including phenoxy) is 1. The third-order valence-electron chi connectivity index (χ3n) is 1.37. The van der Waals surface area contributed by atoms with Crippen LogP contribution in [0.1, 0.15) is 12.8 Å². The zero-order chi connectivity index (χ0) is 7.56. The molecule has 1 nitrogen and oxygen atoms in total. The van der Waals surface area contributed by atoms with Crippen LogP contribution in [0, 0.1) is 0 Å². The number of halogens is 2. The van der Waals surface area contributed by atoms with Crippen LogP contribution in [0.15, 0.2) is 23.5 Å². The first-order chi connectivity index (χ1) is 4.75. The summed E-state index contributed by atoms with van der Waals surface area (Å²) in [5, 5.41) is 0. The molecule has 0 fully saturated rings. The maximum atomic E-state index is 12.6. The third kappa shape index (κ3) is 1.17. The van der Waals surface area contributed by atoms with E-state index in [-0.39, 0.29) is 12.2 Å². The van der Waals surface area contributed by atoms with Gasteiger partial charge in [0.15, 0.2) is 11.6 Å². The van der Waals surface area contributed by atoms with Gasteiger partial charge in [0.1, 0.15) is 5.83 Å². The van der Waals surface area contributed by atoms with Crippen LogP contribution in [0.25, 0.3) is 0 Å². The van der Waals surface area contributed by atoms with Gasteiger partial charge in [0.25, 0.3) is 0 Å². The summed E-state index contributed by atoms with van der Waals surface area (Å²) in [5.74, 6) is -1.54. The quantitative estimate of drug-likeness (QED) is 0.552. The van der Waals surface area contributed by atoms with Gasteiger partial charge in [0.2, 0.25) is 0 Å². The Morgan fingerprint density at radius 1 is 1.50 bits per heavy atom. The minimum atomic E-state index is -0.853. The summed E-state index contributed by atoms with van der Waals surface area (Å²) in [6, 6.07) is 0. The fourth-order valence-electron chi connectivity index (χ4n) is 0.836. The van der Waals surface area contributed by atoms with Crippen molar-refractivity contribution >= 4 is 0 Å². The lowest BCUT2D eigenvalue weighted by Crippen LogP contribution is -1.96. The predicted molar refractivity (Wildman–Crippen MR) is 33.6 cm³/mol. The van der Waals surface area contributed by atoms with Crippen molar-refractivity contribution < 1.29 is 13.5 Å². The van der Waals surface area contributed by atoms with Crippen LogP contribution < -0.4 is 0 Å². The Balaban J connectivity index is 2.83. The normalized spacial score (nSPS) is 18.9. The molecule has 0 saturated carbocycles. The highest BCUT2D eigenvalue weighted by molar-refractivity contribution is 5.25. The second-order valence-electron chi connectivity index (χ2n) is 2.03. The van der Waals surface area contributed by atoms with E-state index in [9.17, 15) is 8.78 Å². The fraction of sp³-hybridized carbons (Fsp3) is 0.429. The number of hydrogen-bond acceptors (Lipinski definition) is 1. The number of allylic oxidation sites excluding steroid dienone is 3. The third-order valence-corrected chi connectivity index (χ3v) is 1.37. The summed E-state index contributed by atoms with van der Waals surface area (Å²) in [4.78, 5) is 0. The summed E-state index contributed by atoms with van der Waals surface area (Å²) in [6.45, 7) is 0. The average molecular weight is 146 g/mol. The second-order valence-corrected chi connectivity index (χ2v) is 2.03. The van der Waals surface area contributed by atoms with Crippen molar-refractivity contribution in [3.63, 3.8) is 0 Å². The van der Waals surface area contributed by atoms with Gasteiger partial charge >= 0.3 is 0 Å².